The number of para-hydroxylation sites is 1. The molecule has 6 nitrogen and oxygen atoms in total. The van der Waals surface area contributed by atoms with Crippen LogP contribution in [0.3, 0.4) is 0 Å². The maximum Gasteiger partial charge on any atom is 0.316 e. The van der Waals surface area contributed by atoms with Crippen LogP contribution in [0.15, 0.2) is 59.5 Å². The Morgan fingerprint density at radius 1 is 1.07 bits per heavy atom. The van der Waals surface area contributed by atoms with Gasteiger partial charge in [-0.3, -0.25) is 4.79 Å². The summed E-state index contributed by atoms with van der Waals surface area (Å²) in [7, 11) is -2.15. The van der Waals surface area contributed by atoms with Gasteiger partial charge in [0.15, 0.2) is 0 Å². The summed E-state index contributed by atoms with van der Waals surface area (Å²) in [6.07, 6.45) is 1.47. The average molecular weight is 401 g/mol. The second-order valence-electron chi connectivity index (χ2n) is 7.41. The number of hydrogen-bond donors (Lipinski definition) is 0. The van der Waals surface area contributed by atoms with E-state index in [1.165, 1.54) is 11.4 Å². The molecule has 1 saturated carbocycles. The van der Waals surface area contributed by atoms with Crippen molar-refractivity contribution < 1.29 is 22.7 Å². The average Bonchev–Trinajstić information content (AvgIpc) is 3.49. The fourth-order valence-corrected chi connectivity index (χ4v) is 5.17. The first-order chi connectivity index (χ1) is 13.5. The Morgan fingerprint density at radius 3 is 2.29 bits per heavy atom. The second-order valence-corrected chi connectivity index (χ2v) is 9.35. The first kappa shape index (κ1) is 19.0. The Hall–Kier alpha value is -2.38. The molecule has 0 radical (unpaired) electrons. The summed E-state index contributed by atoms with van der Waals surface area (Å²) in [6.45, 7) is 1.39. The molecule has 0 unspecified atom stereocenters. The number of carbonyl (C=O) groups is 1. The van der Waals surface area contributed by atoms with E-state index in [4.69, 9.17) is 9.47 Å². The molecule has 0 aromatic heterocycles. The third-order valence-electron chi connectivity index (χ3n) is 5.52. The standard InChI is InChI=1S/C21H23NO5S/c1-26-20(23)21(11-12-21)17-7-9-19(10-8-17)28(24,25)22-13-16(14-22)15-27-18-5-3-2-4-6-18/h2-10,16H,11-15H2,1H3. The van der Waals surface area contributed by atoms with Crippen LogP contribution in [-0.4, -0.2) is 45.5 Å². The highest BCUT2D eigenvalue weighted by molar-refractivity contribution is 7.89. The minimum absolute atomic E-state index is 0.184. The zero-order valence-electron chi connectivity index (χ0n) is 15.7. The molecule has 148 valence electrons. The number of carbonyl (C=O) groups excluding carboxylic acids is 1. The first-order valence-electron chi connectivity index (χ1n) is 9.33. The Balaban J connectivity index is 1.36. The van der Waals surface area contributed by atoms with Gasteiger partial charge in [0, 0.05) is 19.0 Å². The number of benzene rings is 2. The fourth-order valence-electron chi connectivity index (χ4n) is 3.58. The van der Waals surface area contributed by atoms with E-state index in [1.807, 2.05) is 30.3 Å². The number of methoxy groups -OCH3 is 1. The van der Waals surface area contributed by atoms with Crippen LogP contribution in [0, 0.1) is 5.92 Å². The van der Waals surface area contributed by atoms with E-state index >= 15 is 0 Å². The molecule has 0 N–H and O–H groups in total. The first-order valence-corrected chi connectivity index (χ1v) is 10.8. The molecule has 2 fully saturated rings. The molecule has 1 aliphatic carbocycles. The molecular formula is C21H23NO5S. The molecule has 0 bridgehead atoms. The molecule has 1 heterocycles. The van der Waals surface area contributed by atoms with Crippen molar-refractivity contribution in [2.45, 2.75) is 23.2 Å². The van der Waals surface area contributed by atoms with Crippen molar-refractivity contribution in [1.29, 1.82) is 0 Å². The number of hydrogen-bond acceptors (Lipinski definition) is 5. The molecule has 28 heavy (non-hydrogen) atoms. The predicted octanol–water partition coefficient (Wildman–Crippen LogP) is 2.59. The minimum Gasteiger partial charge on any atom is -0.493 e. The molecule has 2 aromatic rings. The number of sulfonamides is 1. The second kappa shape index (κ2) is 7.22. The van der Waals surface area contributed by atoms with Crippen LogP contribution < -0.4 is 4.74 Å². The molecule has 0 amide bonds. The van der Waals surface area contributed by atoms with Crippen molar-refractivity contribution in [3.05, 3.63) is 60.2 Å². The van der Waals surface area contributed by atoms with E-state index in [-0.39, 0.29) is 16.8 Å². The van der Waals surface area contributed by atoms with Crippen molar-refractivity contribution in [2.24, 2.45) is 5.92 Å². The Labute approximate surface area is 165 Å². The van der Waals surface area contributed by atoms with Gasteiger partial charge in [-0.2, -0.15) is 4.31 Å². The molecule has 4 rings (SSSR count). The zero-order valence-corrected chi connectivity index (χ0v) is 16.5. The van der Waals surface area contributed by atoms with Gasteiger partial charge < -0.3 is 9.47 Å². The van der Waals surface area contributed by atoms with E-state index in [0.29, 0.717) is 19.7 Å². The van der Waals surface area contributed by atoms with Crippen LogP contribution in [0.4, 0.5) is 0 Å². The molecule has 1 saturated heterocycles. The van der Waals surface area contributed by atoms with Gasteiger partial charge in [0.1, 0.15) is 5.75 Å². The summed E-state index contributed by atoms with van der Waals surface area (Å²) < 4.78 is 37.6. The monoisotopic (exact) mass is 401 g/mol. The molecule has 7 heteroatoms. The van der Waals surface area contributed by atoms with Gasteiger partial charge in [0.05, 0.1) is 24.0 Å². The van der Waals surface area contributed by atoms with E-state index in [9.17, 15) is 13.2 Å². The summed E-state index contributed by atoms with van der Waals surface area (Å²) in [5, 5.41) is 0. The van der Waals surface area contributed by atoms with Gasteiger partial charge in [-0.25, -0.2) is 8.42 Å². The summed E-state index contributed by atoms with van der Waals surface area (Å²) in [6, 6.07) is 16.1. The van der Waals surface area contributed by atoms with Crippen LogP contribution in [0.25, 0.3) is 0 Å². The van der Waals surface area contributed by atoms with Gasteiger partial charge >= 0.3 is 5.97 Å². The van der Waals surface area contributed by atoms with Crippen molar-refractivity contribution >= 4 is 16.0 Å². The van der Waals surface area contributed by atoms with Gasteiger partial charge in [0.2, 0.25) is 10.0 Å². The Bertz CT molecular complexity index is 946. The lowest BCUT2D eigenvalue weighted by molar-refractivity contribution is -0.143. The summed E-state index contributed by atoms with van der Waals surface area (Å²) in [4.78, 5) is 12.2. The maximum atomic E-state index is 12.8. The van der Waals surface area contributed by atoms with Gasteiger partial charge in [-0.1, -0.05) is 30.3 Å². The minimum atomic E-state index is -3.52. The summed E-state index contributed by atoms with van der Waals surface area (Å²) in [5.74, 6) is 0.717. The lowest BCUT2D eigenvalue weighted by atomic mass is 9.96. The molecule has 0 spiro atoms. The zero-order chi connectivity index (χ0) is 19.8. The van der Waals surface area contributed by atoms with Crippen molar-refractivity contribution in [1.82, 2.24) is 4.31 Å². The Morgan fingerprint density at radius 2 is 1.71 bits per heavy atom. The topological polar surface area (TPSA) is 72.9 Å². The van der Waals surface area contributed by atoms with Crippen molar-refractivity contribution in [2.75, 3.05) is 26.8 Å². The summed E-state index contributed by atoms with van der Waals surface area (Å²) >= 11 is 0. The molecule has 1 aliphatic heterocycles. The van der Waals surface area contributed by atoms with E-state index < -0.39 is 15.4 Å². The predicted molar refractivity (Wildman–Crippen MR) is 104 cm³/mol. The smallest absolute Gasteiger partial charge is 0.316 e. The normalized spacial score (nSPS) is 18.9. The van der Waals surface area contributed by atoms with E-state index in [1.54, 1.807) is 24.3 Å². The Kier molecular flexibility index (Phi) is 4.89. The highest BCUT2D eigenvalue weighted by Crippen LogP contribution is 2.49. The van der Waals surface area contributed by atoms with E-state index in [2.05, 4.69) is 0 Å². The van der Waals surface area contributed by atoms with Gasteiger partial charge in [-0.15, -0.1) is 0 Å². The lowest BCUT2D eigenvalue weighted by Gasteiger charge is -2.37. The highest BCUT2D eigenvalue weighted by atomic mass is 32.2. The number of esters is 1. The van der Waals surface area contributed by atoms with Crippen LogP contribution in [-0.2, 0) is 25.0 Å². The van der Waals surface area contributed by atoms with Crippen LogP contribution in [0.5, 0.6) is 5.75 Å². The van der Waals surface area contributed by atoms with Crippen molar-refractivity contribution in [3.8, 4) is 5.75 Å². The number of rotatable bonds is 7. The lowest BCUT2D eigenvalue weighted by Crippen LogP contribution is -2.51. The fraction of sp³-hybridized carbons (Fsp3) is 0.381. The van der Waals surface area contributed by atoms with Crippen LogP contribution in [0.2, 0.25) is 0 Å². The van der Waals surface area contributed by atoms with E-state index in [0.717, 1.165) is 24.2 Å². The highest BCUT2D eigenvalue weighted by Gasteiger charge is 2.52. The van der Waals surface area contributed by atoms with Gasteiger partial charge in [-0.05, 0) is 42.7 Å². The van der Waals surface area contributed by atoms with Gasteiger partial charge in [0.25, 0.3) is 0 Å². The maximum absolute atomic E-state index is 12.8. The molecule has 2 aliphatic rings. The van der Waals surface area contributed by atoms with Crippen LogP contribution >= 0.6 is 0 Å². The summed E-state index contributed by atoms with van der Waals surface area (Å²) in [5.41, 5.74) is 0.226. The molecule has 0 atom stereocenters. The largest absolute Gasteiger partial charge is 0.493 e. The van der Waals surface area contributed by atoms with Crippen molar-refractivity contribution in [3.63, 3.8) is 0 Å². The third kappa shape index (κ3) is 3.40. The number of ether oxygens (including phenoxy) is 2. The quantitative estimate of drug-likeness (QED) is 0.667. The van der Waals surface area contributed by atoms with Crippen LogP contribution in [0.1, 0.15) is 18.4 Å². The molecule has 2 aromatic carbocycles. The molecular weight excluding hydrogens is 378 g/mol. The third-order valence-corrected chi connectivity index (χ3v) is 7.37. The SMILES string of the molecule is COC(=O)C1(c2ccc(S(=O)(=O)N3CC(COc4ccccc4)C3)cc2)CC1. The number of nitrogens with zero attached hydrogens (tertiary/aromatic N) is 1.